The third-order valence-corrected chi connectivity index (χ3v) is 2.02. The van der Waals surface area contributed by atoms with Gasteiger partial charge in [-0.3, -0.25) is 0 Å². The molecule has 0 bridgehead atoms. The summed E-state index contributed by atoms with van der Waals surface area (Å²) in [5.41, 5.74) is 2.88. The number of hydrogen-bond acceptors (Lipinski definition) is 1. The molecule has 0 aliphatic heterocycles. The lowest BCUT2D eigenvalue weighted by Crippen LogP contribution is -1.91. The summed E-state index contributed by atoms with van der Waals surface area (Å²) >= 11 is 0. The Kier molecular flexibility index (Phi) is 3.89. The molecule has 0 spiro atoms. The highest BCUT2D eigenvalue weighted by Gasteiger charge is 2.01. The molecule has 0 amide bonds. The van der Waals surface area contributed by atoms with E-state index < -0.39 is 0 Å². The van der Waals surface area contributed by atoms with E-state index in [1.165, 1.54) is 0 Å². The van der Waals surface area contributed by atoms with E-state index >= 15 is 0 Å². The van der Waals surface area contributed by atoms with Crippen molar-refractivity contribution in [1.82, 2.24) is 0 Å². The summed E-state index contributed by atoms with van der Waals surface area (Å²) in [4.78, 5) is 0. The summed E-state index contributed by atoms with van der Waals surface area (Å²) in [7, 11) is 0. The molecule has 14 heavy (non-hydrogen) atoms. The minimum absolute atomic E-state index is 0.0402. The number of aliphatic hydroxyl groups excluding tert-OH is 1. The second-order valence-corrected chi connectivity index (χ2v) is 2.88. The fraction of sp³-hybridized carbons (Fsp3) is 0.0769. The van der Waals surface area contributed by atoms with Crippen LogP contribution in [0.2, 0.25) is 0 Å². The Hall–Kier alpha value is -1.60. The Labute approximate surface area is 84.7 Å². The van der Waals surface area contributed by atoms with E-state index in [-0.39, 0.29) is 6.61 Å². The summed E-state index contributed by atoms with van der Waals surface area (Å²) in [5.74, 6) is 0. The van der Waals surface area contributed by atoms with E-state index in [2.05, 4.69) is 13.2 Å². The zero-order valence-corrected chi connectivity index (χ0v) is 8.11. The maximum Gasteiger partial charge on any atom is 0.0687 e. The Morgan fingerprint density at radius 2 is 2.00 bits per heavy atom. The van der Waals surface area contributed by atoms with E-state index in [0.29, 0.717) is 0 Å². The molecule has 0 aliphatic rings. The topological polar surface area (TPSA) is 20.2 Å². The van der Waals surface area contributed by atoms with Gasteiger partial charge in [0.05, 0.1) is 6.61 Å². The molecule has 1 nitrogen and oxygen atoms in total. The van der Waals surface area contributed by atoms with E-state index in [9.17, 15) is 0 Å². The van der Waals surface area contributed by atoms with Gasteiger partial charge in [0.15, 0.2) is 0 Å². The quantitative estimate of drug-likeness (QED) is 0.717. The Morgan fingerprint density at radius 3 is 2.57 bits per heavy atom. The summed E-state index contributed by atoms with van der Waals surface area (Å²) in [6, 6.07) is 7.71. The highest BCUT2D eigenvalue weighted by molar-refractivity contribution is 5.76. The molecule has 0 unspecified atom stereocenters. The Balaban J connectivity index is 3.21. The molecule has 0 heterocycles. The fourth-order valence-corrected chi connectivity index (χ4v) is 1.33. The van der Waals surface area contributed by atoms with Gasteiger partial charge >= 0.3 is 0 Å². The normalized spacial score (nSPS) is 11.1. The first-order valence-electron chi connectivity index (χ1n) is 4.47. The van der Waals surface area contributed by atoms with Gasteiger partial charge < -0.3 is 5.11 Å². The van der Waals surface area contributed by atoms with Crippen LogP contribution in [0.25, 0.3) is 5.57 Å². The van der Waals surface area contributed by atoms with Gasteiger partial charge in [0.2, 0.25) is 0 Å². The molecule has 0 aliphatic carbocycles. The SMILES string of the molecule is C=C/C=C(\C=C)c1ccccc1CO. The molecule has 0 saturated carbocycles. The second kappa shape index (κ2) is 5.20. The lowest BCUT2D eigenvalue weighted by atomic mass is 10.00. The van der Waals surface area contributed by atoms with Crippen LogP contribution in [-0.4, -0.2) is 5.11 Å². The van der Waals surface area contributed by atoms with Crippen LogP contribution in [0.15, 0.2) is 55.7 Å². The van der Waals surface area contributed by atoms with E-state index in [4.69, 9.17) is 5.11 Å². The van der Waals surface area contributed by atoms with Gasteiger partial charge in [0.1, 0.15) is 0 Å². The first-order chi connectivity index (χ1) is 6.83. The predicted octanol–water partition coefficient (Wildman–Crippen LogP) is 2.93. The maximum atomic E-state index is 9.14. The van der Waals surface area contributed by atoms with Crippen molar-refractivity contribution in [3.8, 4) is 0 Å². The van der Waals surface area contributed by atoms with Crippen molar-refractivity contribution < 1.29 is 5.11 Å². The number of allylic oxidation sites excluding steroid dienone is 4. The highest BCUT2D eigenvalue weighted by Crippen LogP contribution is 2.20. The zero-order valence-electron chi connectivity index (χ0n) is 8.11. The molecular formula is C13H14O. The third kappa shape index (κ3) is 2.21. The monoisotopic (exact) mass is 186 g/mol. The van der Waals surface area contributed by atoms with Crippen LogP contribution in [0.4, 0.5) is 0 Å². The third-order valence-electron chi connectivity index (χ3n) is 2.02. The number of benzene rings is 1. The van der Waals surface area contributed by atoms with E-state index in [0.717, 1.165) is 16.7 Å². The van der Waals surface area contributed by atoms with E-state index in [1.54, 1.807) is 12.2 Å². The number of rotatable bonds is 4. The molecule has 1 aromatic carbocycles. The summed E-state index contributed by atoms with van der Waals surface area (Å²) in [6.45, 7) is 7.42. The van der Waals surface area contributed by atoms with Crippen LogP contribution in [0.1, 0.15) is 11.1 Å². The lowest BCUT2D eigenvalue weighted by Gasteiger charge is -2.06. The van der Waals surface area contributed by atoms with Gasteiger partial charge in [-0.2, -0.15) is 0 Å². The van der Waals surface area contributed by atoms with Crippen LogP contribution in [0.3, 0.4) is 0 Å². The first-order valence-corrected chi connectivity index (χ1v) is 4.47. The molecule has 0 aromatic heterocycles. The Morgan fingerprint density at radius 1 is 1.29 bits per heavy atom. The summed E-state index contributed by atoms with van der Waals surface area (Å²) in [6.07, 6.45) is 5.35. The van der Waals surface area contributed by atoms with Gasteiger partial charge in [-0.25, -0.2) is 0 Å². The Bertz CT molecular complexity index is 361. The minimum Gasteiger partial charge on any atom is -0.392 e. The van der Waals surface area contributed by atoms with Crippen molar-refractivity contribution in [2.24, 2.45) is 0 Å². The van der Waals surface area contributed by atoms with Crippen molar-refractivity contribution >= 4 is 5.57 Å². The lowest BCUT2D eigenvalue weighted by molar-refractivity contribution is 0.281. The molecule has 1 N–H and O–H groups in total. The van der Waals surface area contributed by atoms with Gasteiger partial charge in [-0.1, -0.05) is 55.7 Å². The molecule has 0 radical (unpaired) electrons. The van der Waals surface area contributed by atoms with Crippen LogP contribution in [0.5, 0.6) is 0 Å². The van der Waals surface area contributed by atoms with Crippen LogP contribution in [0, 0.1) is 0 Å². The molecule has 72 valence electrons. The second-order valence-electron chi connectivity index (χ2n) is 2.88. The average molecular weight is 186 g/mol. The zero-order chi connectivity index (χ0) is 10.4. The summed E-state index contributed by atoms with van der Waals surface area (Å²) in [5, 5.41) is 9.14. The van der Waals surface area contributed by atoms with Crippen molar-refractivity contribution in [3.63, 3.8) is 0 Å². The molecule has 0 saturated heterocycles. The molecule has 0 fully saturated rings. The number of aliphatic hydroxyl groups is 1. The van der Waals surface area contributed by atoms with E-state index in [1.807, 2.05) is 30.3 Å². The molecule has 0 atom stereocenters. The van der Waals surface area contributed by atoms with Crippen molar-refractivity contribution in [3.05, 3.63) is 66.8 Å². The fourth-order valence-electron chi connectivity index (χ4n) is 1.33. The highest BCUT2D eigenvalue weighted by atomic mass is 16.3. The molecule has 1 heteroatoms. The molecule has 1 rings (SSSR count). The van der Waals surface area contributed by atoms with Crippen molar-refractivity contribution in [2.45, 2.75) is 6.61 Å². The van der Waals surface area contributed by atoms with Crippen molar-refractivity contribution in [1.29, 1.82) is 0 Å². The van der Waals surface area contributed by atoms with Crippen LogP contribution < -0.4 is 0 Å². The molecular weight excluding hydrogens is 172 g/mol. The summed E-state index contributed by atoms with van der Waals surface area (Å²) < 4.78 is 0. The van der Waals surface area contributed by atoms with Gasteiger partial charge in [-0.05, 0) is 16.7 Å². The predicted molar refractivity (Wildman–Crippen MR) is 60.7 cm³/mol. The van der Waals surface area contributed by atoms with Gasteiger partial charge in [0.25, 0.3) is 0 Å². The standard InChI is InChI=1S/C13H14O/c1-3-7-11(4-2)13-9-6-5-8-12(13)10-14/h3-9,14H,1-2,10H2/b11-7+. The molecule has 1 aromatic rings. The van der Waals surface area contributed by atoms with Crippen molar-refractivity contribution in [2.75, 3.05) is 0 Å². The largest absolute Gasteiger partial charge is 0.392 e. The van der Waals surface area contributed by atoms with Gasteiger partial charge in [0, 0.05) is 0 Å². The minimum atomic E-state index is 0.0402. The maximum absolute atomic E-state index is 9.14. The van der Waals surface area contributed by atoms with Crippen LogP contribution in [-0.2, 0) is 6.61 Å². The first kappa shape index (κ1) is 10.5. The average Bonchev–Trinajstić information content (AvgIpc) is 2.26. The smallest absolute Gasteiger partial charge is 0.0687 e. The van der Waals surface area contributed by atoms with Gasteiger partial charge in [-0.15, -0.1) is 0 Å². The number of hydrogen-bond donors (Lipinski definition) is 1. The van der Waals surface area contributed by atoms with Crippen LogP contribution >= 0.6 is 0 Å².